The summed E-state index contributed by atoms with van der Waals surface area (Å²) in [6.07, 6.45) is 7.67. The van der Waals surface area contributed by atoms with Crippen LogP contribution < -0.4 is 10.6 Å². The molecule has 0 radical (unpaired) electrons. The molecule has 164 valence electrons. The van der Waals surface area contributed by atoms with Gasteiger partial charge in [0.1, 0.15) is 5.69 Å². The molecule has 31 heavy (non-hydrogen) atoms. The molecule has 0 amide bonds. The molecule has 8 heteroatoms. The summed E-state index contributed by atoms with van der Waals surface area (Å²) in [6, 6.07) is 0.166. The summed E-state index contributed by atoms with van der Waals surface area (Å²) in [6.45, 7) is 6.28. The minimum Gasteiger partial charge on any atom is -0.389 e. The highest BCUT2D eigenvalue weighted by Gasteiger charge is 2.25. The second-order valence-corrected chi connectivity index (χ2v) is 8.72. The number of aliphatic hydroxyl groups is 1. The monoisotopic (exact) mass is 441 g/mol. The Morgan fingerprint density at radius 2 is 2.13 bits per heavy atom. The van der Waals surface area contributed by atoms with Crippen molar-refractivity contribution in [3.05, 3.63) is 46.0 Å². The predicted molar refractivity (Wildman–Crippen MR) is 120 cm³/mol. The van der Waals surface area contributed by atoms with Gasteiger partial charge in [0.15, 0.2) is 0 Å². The van der Waals surface area contributed by atoms with Gasteiger partial charge in [-0.25, -0.2) is 9.97 Å². The SMILES string of the molecule is CC(C)c1c(C#Cc2nc(N[C@@H]3CCOC[C@H]3O)ncc2Cl)cncc1C1CCCN1. The van der Waals surface area contributed by atoms with E-state index in [4.69, 9.17) is 16.3 Å². The number of hydrogen-bond donors (Lipinski definition) is 3. The molecule has 4 rings (SSSR count). The second-order valence-electron chi connectivity index (χ2n) is 8.32. The van der Waals surface area contributed by atoms with E-state index in [0.29, 0.717) is 48.3 Å². The zero-order valence-electron chi connectivity index (χ0n) is 17.9. The van der Waals surface area contributed by atoms with E-state index in [0.717, 1.165) is 18.5 Å². The first-order chi connectivity index (χ1) is 15.0. The summed E-state index contributed by atoms with van der Waals surface area (Å²) >= 11 is 6.32. The van der Waals surface area contributed by atoms with Crippen molar-refractivity contribution in [2.24, 2.45) is 0 Å². The highest BCUT2D eigenvalue weighted by molar-refractivity contribution is 6.31. The molecule has 0 aliphatic carbocycles. The van der Waals surface area contributed by atoms with Crippen LogP contribution in [0.2, 0.25) is 5.02 Å². The van der Waals surface area contributed by atoms with Crippen LogP contribution in [0.25, 0.3) is 0 Å². The quantitative estimate of drug-likeness (QED) is 0.628. The number of aromatic nitrogens is 3. The molecule has 2 aliphatic heterocycles. The lowest BCUT2D eigenvalue weighted by atomic mass is 9.90. The largest absolute Gasteiger partial charge is 0.389 e. The molecular weight excluding hydrogens is 414 g/mol. The third-order valence-corrected chi connectivity index (χ3v) is 6.01. The third kappa shape index (κ3) is 5.16. The average Bonchev–Trinajstić information content (AvgIpc) is 3.30. The molecule has 2 aliphatic rings. The van der Waals surface area contributed by atoms with E-state index in [1.807, 2.05) is 12.4 Å². The van der Waals surface area contributed by atoms with Gasteiger partial charge in [-0.05, 0) is 48.8 Å². The highest BCUT2D eigenvalue weighted by atomic mass is 35.5. The normalized spacial score (nSPS) is 23.5. The van der Waals surface area contributed by atoms with Crippen molar-refractivity contribution in [1.82, 2.24) is 20.3 Å². The van der Waals surface area contributed by atoms with E-state index in [-0.39, 0.29) is 6.04 Å². The van der Waals surface area contributed by atoms with Crippen molar-refractivity contribution < 1.29 is 9.84 Å². The van der Waals surface area contributed by atoms with Gasteiger partial charge in [0, 0.05) is 30.6 Å². The zero-order chi connectivity index (χ0) is 21.8. The number of ether oxygens (including phenoxy) is 1. The van der Waals surface area contributed by atoms with Crippen molar-refractivity contribution in [3.8, 4) is 11.8 Å². The zero-order valence-corrected chi connectivity index (χ0v) is 18.6. The van der Waals surface area contributed by atoms with Crippen molar-refractivity contribution in [2.45, 2.75) is 57.2 Å². The summed E-state index contributed by atoms with van der Waals surface area (Å²) in [5.74, 6) is 7.07. The number of hydrogen-bond acceptors (Lipinski definition) is 7. The maximum atomic E-state index is 10.1. The van der Waals surface area contributed by atoms with Crippen LogP contribution in [-0.4, -0.2) is 52.0 Å². The molecule has 1 unspecified atom stereocenters. The molecule has 7 nitrogen and oxygen atoms in total. The first-order valence-corrected chi connectivity index (χ1v) is 11.2. The van der Waals surface area contributed by atoms with Crippen molar-refractivity contribution in [3.63, 3.8) is 0 Å². The third-order valence-electron chi connectivity index (χ3n) is 5.73. The Morgan fingerprint density at radius 1 is 1.26 bits per heavy atom. The average molecular weight is 442 g/mol. The van der Waals surface area contributed by atoms with Crippen LogP contribution in [0.5, 0.6) is 0 Å². The van der Waals surface area contributed by atoms with Crippen LogP contribution >= 0.6 is 11.6 Å². The lowest BCUT2D eigenvalue weighted by Crippen LogP contribution is -2.42. The van der Waals surface area contributed by atoms with Crippen LogP contribution in [0.3, 0.4) is 0 Å². The number of rotatable bonds is 4. The number of halogens is 1. The van der Waals surface area contributed by atoms with E-state index < -0.39 is 6.10 Å². The van der Waals surface area contributed by atoms with Gasteiger partial charge in [-0.1, -0.05) is 31.4 Å². The molecular formula is C23H28ClN5O2. The number of aliphatic hydroxyl groups excluding tert-OH is 1. The van der Waals surface area contributed by atoms with Crippen molar-refractivity contribution >= 4 is 17.5 Å². The Kier molecular flexibility index (Phi) is 7.03. The molecule has 0 aromatic carbocycles. The summed E-state index contributed by atoms with van der Waals surface area (Å²) in [4.78, 5) is 13.2. The maximum Gasteiger partial charge on any atom is 0.224 e. The van der Waals surface area contributed by atoms with Crippen LogP contribution in [0, 0.1) is 11.8 Å². The first-order valence-electron chi connectivity index (χ1n) is 10.8. The Bertz CT molecular complexity index is 982. The van der Waals surface area contributed by atoms with Crippen LogP contribution in [0.15, 0.2) is 18.6 Å². The smallest absolute Gasteiger partial charge is 0.224 e. The molecule has 0 spiro atoms. The molecule has 3 atom stereocenters. The Hall–Kier alpha value is -2.24. The summed E-state index contributed by atoms with van der Waals surface area (Å²) in [5.41, 5.74) is 3.78. The minimum absolute atomic E-state index is 0.164. The molecule has 2 fully saturated rings. The summed E-state index contributed by atoms with van der Waals surface area (Å²) in [5, 5.41) is 17.2. The topological polar surface area (TPSA) is 92.2 Å². The van der Waals surface area contributed by atoms with E-state index >= 15 is 0 Å². The highest BCUT2D eigenvalue weighted by Crippen LogP contribution is 2.31. The molecule has 3 N–H and O–H groups in total. The van der Waals surface area contributed by atoms with Gasteiger partial charge in [0.05, 0.1) is 30.0 Å². The number of nitrogens with zero attached hydrogens (tertiary/aromatic N) is 3. The van der Waals surface area contributed by atoms with Gasteiger partial charge in [0.25, 0.3) is 0 Å². The van der Waals surface area contributed by atoms with E-state index in [1.165, 1.54) is 23.7 Å². The fourth-order valence-corrected chi connectivity index (χ4v) is 4.30. The van der Waals surface area contributed by atoms with Crippen LogP contribution in [0.1, 0.15) is 67.5 Å². The van der Waals surface area contributed by atoms with Gasteiger partial charge in [-0.15, -0.1) is 0 Å². The minimum atomic E-state index is -0.603. The standard InChI is InChI=1S/C23H28ClN5O2/c1-14(2)22-15(10-25-11-16(22)18-4-3-8-26-18)5-6-19-17(24)12-27-23(28-19)29-20-7-9-31-13-21(20)30/h10-12,14,18,20-21,26,30H,3-4,7-9,13H2,1-2H3,(H,27,28,29)/t18?,20-,21-/m1/s1. The van der Waals surface area contributed by atoms with E-state index in [2.05, 4.69) is 51.3 Å². The molecule has 2 aromatic heterocycles. The fraction of sp³-hybridized carbons (Fsp3) is 0.522. The predicted octanol–water partition coefficient (Wildman–Crippen LogP) is 3.03. The fourth-order valence-electron chi connectivity index (χ4n) is 4.17. The summed E-state index contributed by atoms with van der Waals surface area (Å²) in [7, 11) is 0. The number of anilines is 1. The maximum absolute atomic E-state index is 10.1. The van der Waals surface area contributed by atoms with Crippen LogP contribution in [-0.2, 0) is 4.74 Å². The van der Waals surface area contributed by atoms with Gasteiger partial charge in [-0.2, -0.15) is 0 Å². The Balaban J connectivity index is 1.62. The van der Waals surface area contributed by atoms with Gasteiger partial charge >= 0.3 is 0 Å². The lowest BCUT2D eigenvalue weighted by molar-refractivity contribution is -0.0136. The van der Waals surface area contributed by atoms with Crippen LogP contribution in [0.4, 0.5) is 5.95 Å². The lowest BCUT2D eigenvalue weighted by Gasteiger charge is -2.28. The molecule has 4 heterocycles. The van der Waals surface area contributed by atoms with E-state index in [9.17, 15) is 5.11 Å². The summed E-state index contributed by atoms with van der Waals surface area (Å²) < 4.78 is 5.27. The van der Waals surface area contributed by atoms with Gasteiger partial charge in [0.2, 0.25) is 5.95 Å². The second kappa shape index (κ2) is 9.92. The van der Waals surface area contributed by atoms with Crippen molar-refractivity contribution in [2.75, 3.05) is 25.1 Å². The van der Waals surface area contributed by atoms with E-state index in [1.54, 1.807) is 0 Å². The number of nitrogens with one attached hydrogen (secondary N) is 2. The number of pyridine rings is 1. The van der Waals surface area contributed by atoms with Gasteiger partial charge < -0.3 is 20.5 Å². The van der Waals surface area contributed by atoms with Gasteiger partial charge in [-0.3, -0.25) is 4.98 Å². The molecule has 2 aromatic rings. The molecule has 2 saturated heterocycles. The Labute approximate surface area is 188 Å². The molecule has 0 bridgehead atoms. The Morgan fingerprint density at radius 3 is 2.87 bits per heavy atom. The molecule has 0 saturated carbocycles. The van der Waals surface area contributed by atoms with Crippen molar-refractivity contribution in [1.29, 1.82) is 0 Å². The first kappa shape index (κ1) is 22.0.